The topological polar surface area (TPSA) is 74.2 Å². The van der Waals surface area contributed by atoms with Gasteiger partial charge < -0.3 is 15.0 Å². The van der Waals surface area contributed by atoms with Crippen LogP contribution in [0.3, 0.4) is 0 Å². The summed E-state index contributed by atoms with van der Waals surface area (Å²) < 4.78 is 5.18. The van der Waals surface area contributed by atoms with Gasteiger partial charge in [0.05, 0.1) is 12.8 Å². The molecule has 2 aliphatic heterocycles. The van der Waals surface area contributed by atoms with E-state index in [0.29, 0.717) is 19.4 Å². The summed E-state index contributed by atoms with van der Waals surface area (Å²) in [5, 5.41) is 8.65. The van der Waals surface area contributed by atoms with Gasteiger partial charge in [-0.1, -0.05) is 6.92 Å². The van der Waals surface area contributed by atoms with Crippen LogP contribution in [0.1, 0.15) is 44.6 Å². The maximum absolute atomic E-state index is 12.3. The number of carbonyl (C=O) groups is 2. The zero-order valence-corrected chi connectivity index (χ0v) is 17.5. The van der Waals surface area contributed by atoms with E-state index in [9.17, 15) is 9.59 Å². The maximum Gasteiger partial charge on any atom is 0.243 e. The van der Waals surface area contributed by atoms with Gasteiger partial charge in [0.2, 0.25) is 11.8 Å². The minimum atomic E-state index is -0.162. The van der Waals surface area contributed by atoms with Crippen LogP contribution in [0.4, 0.5) is 0 Å². The van der Waals surface area contributed by atoms with Crippen LogP contribution >= 0.6 is 0 Å². The Morgan fingerprint density at radius 3 is 2.62 bits per heavy atom. The van der Waals surface area contributed by atoms with E-state index in [1.54, 1.807) is 7.11 Å². The number of methoxy groups -OCH3 is 1. The summed E-state index contributed by atoms with van der Waals surface area (Å²) in [6, 6.07) is 7.59. The quantitative estimate of drug-likeness (QED) is 0.680. The zero-order chi connectivity index (χ0) is 20.6. The minimum Gasteiger partial charge on any atom is -0.497 e. The van der Waals surface area contributed by atoms with Crippen molar-refractivity contribution < 1.29 is 14.3 Å². The van der Waals surface area contributed by atoms with Gasteiger partial charge in [0.1, 0.15) is 12.3 Å². The fourth-order valence-electron chi connectivity index (χ4n) is 3.72. The maximum atomic E-state index is 12.3. The number of ether oxygens (including phenoxy) is 1. The fraction of sp³-hybridized carbons (Fsp3) is 0.591. The Morgan fingerprint density at radius 1 is 1.21 bits per heavy atom. The lowest BCUT2D eigenvalue weighted by atomic mass is 9.99. The van der Waals surface area contributed by atoms with E-state index in [1.807, 2.05) is 24.3 Å². The number of benzene rings is 1. The van der Waals surface area contributed by atoms with Crippen molar-refractivity contribution in [1.29, 1.82) is 0 Å². The van der Waals surface area contributed by atoms with Gasteiger partial charge in [-0.2, -0.15) is 5.10 Å². The first-order valence-electron chi connectivity index (χ1n) is 10.6. The van der Waals surface area contributed by atoms with Crippen LogP contribution in [0.25, 0.3) is 0 Å². The highest BCUT2D eigenvalue weighted by Crippen LogP contribution is 2.18. The number of nitrogens with one attached hydrogen (secondary N) is 1. The summed E-state index contributed by atoms with van der Waals surface area (Å²) >= 11 is 0. The van der Waals surface area contributed by atoms with Crippen LogP contribution in [0.2, 0.25) is 0 Å². The first-order valence-corrected chi connectivity index (χ1v) is 10.6. The van der Waals surface area contributed by atoms with Crippen molar-refractivity contribution in [1.82, 2.24) is 15.2 Å². The Bertz CT molecular complexity index is 724. The van der Waals surface area contributed by atoms with Crippen molar-refractivity contribution in [3.8, 4) is 5.75 Å². The van der Waals surface area contributed by atoms with Crippen molar-refractivity contribution >= 4 is 17.5 Å². The Labute approximate surface area is 173 Å². The van der Waals surface area contributed by atoms with Crippen LogP contribution in [0.5, 0.6) is 5.75 Å². The molecule has 158 valence electrons. The molecule has 3 rings (SSSR count). The van der Waals surface area contributed by atoms with E-state index in [0.717, 1.165) is 49.0 Å². The molecule has 1 aromatic rings. The molecule has 1 aromatic carbocycles. The number of likely N-dealkylation sites (tertiary alicyclic amines) is 1. The number of piperidine rings is 1. The van der Waals surface area contributed by atoms with Crippen molar-refractivity contribution in [2.24, 2.45) is 11.0 Å². The standard InChI is InChI=1S/C22H32N4O3/c1-17-10-14-25(15-11-17)13-3-12-23-21(27)16-26-22(28)9-8-20(24-26)18-4-6-19(29-2)7-5-18/h4-7,17H,3,8-16H2,1-2H3,(H,23,27). The second kappa shape index (κ2) is 10.4. The minimum absolute atomic E-state index is 0.0281. The highest BCUT2D eigenvalue weighted by molar-refractivity contribution is 6.04. The predicted octanol–water partition coefficient (Wildman–Crippen LogP) is 2.26. The molecule has 0 aromatic heterocycles. The zero-order valence-electron chi connectivity index (χ0n) is 17.5. The highest BCUT2D eigenvalue weighted by Gasteiger charge is 2.23. The van der Waals surface area contributed by atoms with Gasteiger partial charge in [-0.15, -0.1) is 0 Å². The molecule has 0 saturated carbocycles. The van der Waals surface area contributed by atoms with E-state index in [-0.39, 0.29) is 18.4 Å². The molecular weight excluding hydrogens is 368 g/mol. The molecule has 0 bridgehead atoms. The van der Waals surface area contributed by atoms with Crippen molar-refractivity contribution in [2.75, 3.05) is 39.8 Å². The number of nitrogens with zero attached hydrogens (tertiary/aromatic N) is 3. The predicted molar refractivity (Wildman–Crippen MR) is 113 cm³/mol. The lowest BCUT2D eigenvalue weighted by Crippen LogP contribution is -2.41. The van der Waals surface area contributed by atoms with Crippen LogP contribution < -0.4 is 10.1 Å². The summed E-state index contributed by atoms with van der Waals surface area (Å²) in [5.74, 6) is 1.33. The van der Waals surface area contributed by atoms with Gasteiger partial charge in [-0.05, 0) is 74.6 Å². The third kappa shape index (κ3) is 6.29. The first kappa shape index (κ1) is 21.3. The molecule has 7 nitrogen and oxygen atoms in total. The number of rotatable bonds is 8. The van der Waals surface area contributed by atoms with E-state index in [1.165, 1.54) is 17.9 Å². The van der Waals surface area contributed by atoms with E-state index in [2.05, 4.69) is 22.2 Å². The smallest absolute Gasteiger partial charge is 0.243 e. The third-order valence-corrected chi connectivity index (χ3v) is 5.67. The molecule has 1 fully saturated rings. The summed E-state index contributed by atoms with van der Waals surface area (Å²) in [4.78, 5) is 26.9. The molecule has 1 N–H and O–H groups in total. The Hall–Kier alpha value is -2.41. The molecule has 2 aliphatic rings. The van der Waals surface area contributed by atoms with Gasteiger partial charge in [0.25, 0.3) is 0 Å². The molecular formula is C22H32N4O3. The Balaban J connectivity index is 1.44. The van der Waals surface area contributed by atoms with Gasteiger partial charge in [-0.25, -0.2) is 5.01 Å². The molecule has 0 spiro atoms. The number of hydrogen-bond acceptors (Lipinski definition) is 5. The summed E-state index contributed by atoms with van der Waals surface area (Å²) in [5.41, 5.74) is 1.76. The average Bonchev–Trinajstić information content (AvgIpc) is 2.74. The summed E-state index contributed by atoms with van der Waals surface area (Å²) in [7, 11) is 1.62. The van der Waals surface area contributed by atoms with E-state index >= 15 is 0 Å². The molecule has 0 unspecified atom stereocenters. The summed E-state index contributed by atoms with van der Waals surface area (Å²) in [6.45, 7) is 6.22. The van der Waals surface area contributed by atoms with Crippen molar-refractivity contribution in [3.63, 3.8) is 0 Å². The van der Waals surface area contributed by atoms with Crippen molar-refractivity contribution in [3.05, 3.63) is 29.8 Å². The van der Waals surface area contributed by atoms with Crippen LogP contribution in [-0.4, -0.2) is 67.3 Å². The first-order chi connectivity index (χ1) is 14.0. The lowest BCUT2D eigenvalue weighted by molar-refractivity contribution is -0.136. The Kier molecular flexibility index (Phi) is 7.63. The Morgan fingerprint density at radius 2 is 1.93 bits per heavy atom. The number of hydrazone groups is 1. The van der Waals surface area contributed by atoms with Crippen LogP contribution in [0.15, 0.2) is 29.4 Å². The number of amides is 2. The molecule has 2 heterocycles. The van der Waals surface area contributed by atoms with Gasteiger partial charge in [0.15, 0.2) is 0 Å². The number of hydrogen-bond donors (Lipinski definition) is 1. The molecule has 29 heavy (non-hydrogen) atoms. The molecule has 0 aliphatic carbocycles. The summed E-state index contributed by atoms with van der Waals surface area (Å²) in [6.07, 6.45) is 4.40. The van der Waals surface area contributed by atoms with Crippen molar-refractivity contribution in [2.45, 2.75) is 39.0 Å². The molecule has 2 amide bonds. The van der Waals surface area contributed by atoms with Crippen LogP contribution in [0, 0.1) is 5.92 Å². The van der Waals surface area contributed by atoms with Crippen LogP contribution in [-0.2, 0) is 9.59 Å². The molecule has 7 heteroatoms. The van der Waals surface area contributed by atoms with E-state index in [4.69, 9.17) is 4.74 Å². The largest absolute Gasteiger partial charge is 0.497 e. The second-order valence-electron chi connectivity index (χ2n) is 7.95. The van der Waals surface area contributed by atoms with E-state index < -0.39 is 0 Å². The fourth-order valence-corrected chi connectivity index (χ4v) is 3.72. The molecule has 0 atom stereocenters. The van der Waals surface area contributed by atoms with Gasteiger partial charge in [-0.3, -0.25) is 9.59 Å². The highest BCUT2D eigenvalue weighted by atomic mass is 16.5. The van der Waals surface area contributed by atoms with Gasteiger partial charge >= 0.3 is 0 Å². The second-order valence-corrected chi connectivity index (χ2v) is 7.95. The molecule has 0 radical (unpaired) electrons. The SMILES string of the molecule is COc1ccc(C2=NN(CC(=O)NCCCN3CCC(C)CC3)C(=O)CC2)cc1. The van der Waals surface area contributed by atoms with Gasteiger partial charge in [0, 0.05) is 19.4 Å². The lowest BCUT2D eigenvalue weighted by Gasteiger charge is -2.30. The monoisotopic (exact) mass is 400 g/mol. The number of carbonyl (C=O) groups excluding carboxylic acids is 2. The molecule has 1 saturated heterocycles. The third-order valence-electron chi connectivity index (χ3n) is 5.67. The normalized spacial score (nSPS) is 18.5. The average molecular weight is 401 g/mol.